The number of methoxy groups -OCH3 is 2. The third-order valence-corrected chi connectivity index (χ3v) is 5.92. The second-order valence-electron chi connectivity index (χ2n) is 8.61. The van der Waals surface area contributed by atoms with Crippen LogP contribution in [0.5, 0.6) is 5.88 Å². The van der Waals surface area contributed by atoms with Gasteiger partial charge in [-0.15, -0.1) is 0 Å². The highest BCUT2D eigenvalue weighted by Gasteiger charge is 2.32. The minimum absolute atomic E-state index is 0.263. The Morgan fingerprint density at radius 2 is 1.89 bits per heavy atom. The van der Waals surface area contributed by atoms with E-state index >= 15 is 0 Å². The lowest BCUT2D eigenvalue weighted by Gasteiger charge is -2.11. The van der Waals surface area contributed by atoms with E-state index in [-0.39, 0.29) is 5.90 Å². The molecule has 0 amide bonds. The summed E-state index contributed by atoms with van der Waals surface area (Å²) in [6.07, 6.45) is 2.94. The van der Waals surface area contributed by atoms with Crippen molar-refractivity contribution in [3.8, 4) is 17.3 Å². The largest absolute Gasteiger partial charge is 0.481 e. The standard InChI is InChI=1S/C25H23F3N8O2/c1-37-19(9-18(29)25(26,27)28)34-17-7-3-14(4-8-17)12-36-23-16(11-33-36)10-30-22(35-23)20-21(15-5-6-15)31-13-32-24(20)38-2/h3-4,7-11,13,15H,5-6,12,29H2,1-2H3. The third kappa shape index (κ3) is 5.26. The molecule has 38 heavy (non-hydrogen) atoms. The SMILES string of the molecule is COC(C=C(N)C(F)(F)F)=Nc1ccc(Cn2ncc3cnc(-c4c(OC)ncnc4C4CC4)nc32)cc1. The summed E-state index contributed by atoms with van der Waals surface area (Å²) >= 11 is 0. The van der Waals surface area contributed by atoms with E-state index in [4.69, 9.17) is 20.2 Å². The van der Waals surface area contributed by atoms with Crippen molar-refractivity contribution in [1.82, 2.24) is 29.7 Å². The smallest absolute Gasteiger partial charge is 0.430 e. The van der Waals surface area contributed by atoms with E-state index in [1.807, 2.05) is 0 Å². The number of halogens is 3. The van der Waals surface area contributed by atoms with Crippen LogP contribution < -0.4 is 10.5 Å². The van der Waals surface area contributed by atoms with Gasteiger partial charge in [0.1, 0.15) is 17.6 Å². The minimum atomic E-state index is -4.67. The molecule has 10 nitrogen and oxygen atoms in total. The van der Waals surface area contributed by atoms with Gasteiger partial charge in [-0.1, -0.05) is 12.1 Å². The fraction of sp³-hybridized carbons (Fsp3) is 0.280. The van der Waals surface area contributed by atoms with Crippen molar-refractivity contribution in [3.63, 3.8) is 0 Å². The lowest BCUT2D eigenvalue weighted by molar-refractivity contribution is -0.0926. The topological polar surface area (TPSA) is 126 Å². The Morgan fingerprint density at radius 3 is 2.55 bits per heavy atom. The first kappa shape index (κ1) is 25.1. The van der Waals surface area contributed by atoms with Gasteiger partial charge < -0.3 is 15.2 Å². The zero-order valence-electron chi connectivity index (χ0n) is 20.5. The molecule has 1 fully saturated rings. The summed E-state index contributed by atoms with van der Waals surface area (Å²) in [4.78, 5) is 22.1. The summed E-state index contributed by atoms with van der Waals surface area (Å²) in [6.45, 7) is 0.389. The molecular formula is C25H23F3N8O2. The molecule has 5 rings (SSSR count). The van der Waals surface area contributed by atoms with Crippen LogP contribution in [0.25, 0.3) is 22.4 Å². The van der Waals surface area contributed by atoms with Gasteiger partial charge in [0.05, 0.1) is 43.7 Å². The number of nitrogens with zero attached hydrogens (tertiary/aromatic N) is 7. The number of rotatable bonds is 7. The number of allylic oxidation sites excluding steroid dienone is 1. The van der Waals surface area contributed by atoms with Crippen molar-refractivity contribution < 1.29 is 22.6 Å². The van der Waals surface area contributed by atoms with Crippen LogP contribution in [0.3, 0.4) is 0 Å². The number of alkyl halides is 3. The number of nitrogens with two attached hydrogens (primary N) is 1. The number of aliphatic imine (C=N–C) groups is 1. The number of aromatic nitrogens is 6. The Hall–Kier alpha value is -4.55. The highest BCUT2D eigenvalue weighted by Crippen LogP contribution is 2.44. The molecule has 1 aliphatic carbocycles. The average molecular weight is 525 g/mol. The Labute approximate surface area is 215 Å². The molecule has 0 spiro atoms. The summed E-state index contributed by atoms with van der Waals surface area (Å²) < 4.78 is 50.3. The van der Waals surface area contributed by atoms with Gasteiger partial charge in [-0.25, -0.2) is 29.6 Å². The van der Waals surface area contributed by atoms with E-state index in [1.54, 1.807) is 48.5 Å². The molecule has 3 heterocycles. The van der Waals surface area contributed by atoms with Crippen LogP contribution in [0.1, 0.15) is 30.0 Å². The van der Waals surface area contributed by atoms with Crippen LogP contribution in [0, 0.1) is 0 Å². The second kappa shape index (κ2) is 10.1. The van der Waals surface area contributed by atoms with Gasteiger partial charge in [-0.2, -0.15) is 18.3 Å². The highest BCUT2D eigenvalue weighted by molar-refractivity contribution is 5.90. The van der Waals surface area contributed by atoms with Gasteiger partial charge in [0.15, 0.2) is 11.5 Å². The molecule has 0 aliphatic heterocycles. The molecule has 0 unspecified atom stereocenters. The van der Waals surface area contributed by atoms with Gasteiger partial charge in [0.2, 0.25) is 11.8 Å². The summed E-state index contributed by atoms with van der Waals surface area (Å²) in [5.74, 6) is 0.958. The number of benzene rings is 1. The van der Waals surface area contributed by atoms with Crippen LogP contribution >= 0.6 is 0 Å². The van der Waals surface area contributed by atoms with Crippen molar-refractivity contribution in [2.75, 3.05) is 14.2 Å². The highest BCUT2D eigenvalue weighted by atomic mass is 19.4. The molecular weight excluding hydrogens is 501 g/mol. The molecule has 3 aromatic heterocycles. The first-order chi connectivity index (χ1) is 18.3. The summed E-state index contributed by atoms with van der Waals surface area (Å²) in [5, 5.41) is 5.22. The maximum absolute atomic E-state index is 12.7. The zero-order chi connectivity index (χ0) is 26.9. The van der Waals surface area contributed by atoms with E-state index in [2.05, 4.69) is 25.0 Å². The lowest BCUT2D eigenvalue weighted by atomic mass is 10.1. The number of ether oxygens (including phenoxy) is 2. The predicted molar refractivity (Wildman–Crippen MR) is 133 cm³/mol. The van der Waals surface area contributed by atoms with Crippen LogP contribution in [-0.4, -0.2) is 56.0 Å². The number of hydrogen-bond acceptors (Lipinski definition) is 9. The number of fused-ring (bicyclic) bond motifs is 1. The first-order valence-corrected chi connectivity index (χ1v) is 11.6. The molecule has 13 heteroatoms. The lowest BCUT2D eigenvalue weighted by Crippen LogP contribution is -2.21. The van der Waals surface area contributed by atoms with Gasteiger partial charge in [-0.05, 0) is 30.5 Å². The Kier molecular flexibility index (Phi) is 6.66. The summed E-state index contributed by atoms with van der Waals surface area (Å²) in [7, 11) is 2.77. The molecule has 196 valence electrons. The Morgan fingerprint density at radius 1 is 1.13 bits per heavy atom. The van der Waals surface area contributed by atoms with Crippen LogP contribution in [0.4, 0.5) is 18.9 Å². The van der Waals surface area contributed by atoms with E-state index in [0.29, 0.717) is 47.1 Å². The fourth-order valence-electron chi connectivity index (χ4n) is 3.84. The first-order valence-electron chi connectivity index (χ1n) is 11.6. The van der Waals surface area contributed by atoms with Crippen molar-refractivity contribution in [3.05, 3.63) is 66.0 Å². The van der Waals surface area contributed by atoms with Crippen molar-refractivity contribution in [2.45, 2.75) is 31.5 Å². The fourth-order valence-corrected chi connectivity index (χ4v) is 3.84. The van der Waals surface area contributed by atoms with Crippen LogP contribution in [-0.2, 0) is 11.3 Å². The van der Waals surface area contributed by atoms with Crippen LogP contribution in [0.15, 0.2) is 59.8 Å². The molecule has 0 radical (unpaired) electrons. The Bertz CT molecular complexity index is 1530. The third-order valence-electron chi connectivity index (χ3n) is 5.92. The van der Waals surface area contributed by atoms with E-state index in [0.717, 1.165) is 29.5 Å². The van der Waals surface area contributed by atoms with Crippen molar-refractivity contribution >= 4 is 22.6 Å². The molecule has 0 atom stereocenters. The van der Waals surface area contributed by atoms with E-state index in [1.165, 1.54) is 13.4 Å². The molecule has 1 aliphatic rings. The zero-order valence-corrected chi connectivity index (χ0v) is 20.5. The monoisotopic (exact) mass is 524 g/mol. The molecule has 2 N–H and O–H groups in total. The van der Waals surface area contributed by atoms with Gasteiger partial charge in [-0.3, -0.25) is 0 Å². The maximum Gasteiger partial charge on any atom is 0.430 e. The van der Waals surface area contributed by atoms with Crippen LogP contribution in [0.2, 0.25) is 0 Å². The Balaban J connectivity index is 1.42. The molecule has 1 saturated carbocycles. The van der Waals surface area contributed by atoms with Gasteiger partial charge in [0, 0.05) is 18.2 Å². The maximum atomic E-state index is 12.7. The van der Waals surface area contributed by atoms with Crippen molar-refractivity contribution in [1.29, 1.82) is 0 Å². The normalized spacial score (nSPS) is 14.7. The quantitative estimate of drug-likeness (QED) is 0.280. The predicted octanol–water partition coefficient (Wildman–Crippen LogP) is 4.30. The molecule has 1 aromatic carbocycles. The van der Waals surface area contributed by atoms with E-state index < -0.39 is 11.9 Å². The van der Waals surface area contributed by atoms with E-state index in [9.17, 15) is 13.2 Å². The molecule has 4 aromatic rings. The molecule has 0 bridgehead atoms. The van der Waals surface area contributed by atoms with Gasteiger partial charge in [0.25, 0.3) is 0 Å². The molecule has 0 saturated heterocycles. The van der Waals surface area contributed by atoms with Gasteiger partial charge >= 0.3 is 6.18 Å². The summed E-state index contributed by atoms with van der Waals surface area (Å²) in [6, 6.07) is 6.90. The minimum Gasteiger partial charge on any atom is -0.481 e. The summed E-state index contributed by atoms with van der Waals surface area (Å²) in [5.41, 5.74) is 7.21. The second-order valence-corrected chi connectivity index (χ2v) is 8.61. The average Bonchev–Trinajstić information content (AvgIpc) is 3.69. The number of hydrogen-bond donors (Lipinski definition) is 1. The van der Waals surface area contributed by atoms with Crippen molar-refractivity contribution in [2.24, 2.45) is 10.7 Å².